The summed E-state index contributed by atoms with van der Waals surface area (Å²) in [6.45, 7) is 21.7. The molecule has 4 bridgehead atoms. The Morgan fingerprint density at radius 3 is 1.44 bits per heavy atom. The van der Waals surface area contributed by atoms with E-state index in [0.717, 1.165) is 89.4 Å². The van der Waals surface area contributed by atoms with E-state index in [4.69, 9.17) is 36.3 Å². The maximum Gasteiger partial charge on any atom is 0.231 e. The molecule has 4 aromatic carbocycles. The van der Waals surface area contributed by atoms with Crippen molar-refractivity contribution in [1.29, 1.82) is 13.3 Å². The first-order valence-electron chi connectivity index (χ1n) is 27.5. The molecule has 8 aliphatic heterocycles. The summed E-state index contributed by atoms with van der Waals surface area (Å²) in [6, 6.07) is 6.87. The average molecular weight is 1070 g/mol. The number of piperazine rings is 2. The number of aliphatic hydroxyl groups excluding tert-OH is 2. The summed E-state index contributed by atoms with van der Waals surface area (Å²) >= 11 is 3.63. The molecule has 0 saturated carbocycles. The number of aromatic hydroxyl groups is 2. The monoisotopic (exact) mass is 1070 g/mol. The third-order valence-corrected chi connectivity index (χ3v) is 17.9. The highest BCUT2D eigenvalue weighted by atomic mass is 32.1. The minimum Gasteiger partial charge on any atom is -0.507 e. The largest absolute Gasteiger partial charge is 0.507 e. The van der Waals surface area contributed by atoms with Gasteiger partial charge in [-0.1, -0.05) is 44.3 Å². The van der Waals surface area contributed by atoms with E-state index in [1.54, 1.807) is 19.0 Å². The number of hydrogen-bond donors (Lipinski definition) is 5. The van der Waals surface area contributed by atoms with Crippen LogP contribution in [0.2, 0.25) is 6.82 Å². The fourth-order valence-corrected chi connectivity index (χ4v) is 14.4. The molecule has 406 valence electrons. The summed E-state index contributed by atoms with van der Waals surface area (Å²) in [5.41, 5.74) is 13.3. The van der Waals surface area contributed by atoms with Gasteiger partial charge in [0, 0.05) is 68.7 Å². The van der Waals surface area contributed by atoms with Gasteiger partial charge in [-0.25, -0.2) is 12.5 Å². The van der Waals surface area contributed by atoms with Gasteiger partial charge in [-0.15, -0.1) is 0 Å². The Hall–Kier alpha value is -6.09. The number of nitriles is 2. The van der Waals surface area contributed by atoms with Gasteiger partial charge in [0.15, 0.2) is 29.5 Å². The Bertz CT molecular complexity index is 3210. The summed E-state index contributed by atoms with van der Waals surface area (Å²) < 4.78 is 50.3. The molecule has 4 N–H and O–H groups in total. The minimum atomic E-state index is -0.477. The van der Waals surface area contributed by atoms with Gasteiger partial charge in [0.25, 0.3) is 0 Å². The van der Waals surface area contributed by atoms with Crippen molar-refractivity contribution in [2.45, 2.75) is 134 Å². The van der Waals surface area contributed by atoms with Crippen molar-refractivity contribution < 1.29 is 48.8 Å². The average Bonchev–Trinajstić information content (AvgIpc) is 4.31. The van der Waals surface area contributed by atoms with Crippen molar-refractivity contribution in [3.05, 3.63) is 115 Å². The highest BCUT2D eigenvalue weighted by molar-refractivity contribution is 8.06. The second-order valence-electron chi connectivity index (χ2n) is 21.5. The summed E-state index contributed by atoms with van der Waals surface area (Å²) in [5, 5.41) is 59.8. The fourth-order valence-electron chi connectivity index (χ4n) is 14.4. The van der Waals surface area contributed by atoms with E-state index in [1.165, 1.54) is 0 Å². The molecule has 12 rings (SSSR count). The number of aryl methyl sites for hydroxylation is 2. The van der Waals surface area contributed by atoms with Crippen molar-refractivity contribution in [2.75, 3.05) is 54.1 Å². The number of rotatable bonds is 9. The summed E-state index contributed by atoms with van der Waals surface area (Å²) in [4.78, 5) is 8.90. The van der Waals surface area contributed by atoms with Crippen LogP contribution >= 0.6 is 12.5 Å². The molecule has 2 saturated heterocycles. The Morgan fingerprint density at radius 2 is 1.08 bits per heavy atom. The molecule has 0 amide bonds. The normalized spacial score (nSPS) is 27.1. The van der Waals surface area contributed by atoms with Crippen LogP contribution in [0.3, 0.4) is 0 Å². The predicted molar refractivity (Wildman–Crippen MR) is 296 cm³/mol. The van der Waals surface area contributed by atoms with Crippen LogP contribution in [0, 0.1) is 64.2 Å². The molecule has 0 spiro atoms. The van der Waals surface area contributed by atoms with Crippen LogP contribution in [0.4, 0.5) is 0 Å². The third-order valence-electron chi connectivity index (χ3n) is 17.9. The molecule has 0 aliphatic carbocycles. The molecule has 8 aliphatic rings. The fraction of sp³-hybridized carbons (Fsp3) is 0.492. The lowest BCUT2D eigenvalue weighted by molar-refractivity contribution is -0.0825. The van der Waals surface area contributed by atoms with E-state index >= 15 is 0 Å². The van der Waals surface area contributed by atoms with Gasteiger partial charge in [-0.2, -0.15) is 10.5 Å². The van der Waals surface area contributed by atoms with Crippen LogP contribution in [0.25, 0.3) is 0 Å². The molecule has 10 atom stereocenters. The van der Waals surface area contributed by atoms with Crippen LogP contribution in [0.1, 0.15) is 102 Å². The molecule has 0 aromatic heterocycles. The Balaban J connectivity index is 0.000000167. The molecule has 16 nitrogen and oxygen atoms in total. The summed E-state index contributed by atoms with van der Waals surface area (Å²) in [6.07, 6.45) is 5.87. The number of fused-ring (bicyclic) bond motifs is 18. The summed E-state index contributed by atoms with van der Waals surface area (Å²) in [7, 11) is 4.11. The van der Waals surface area contributed by atoms with Crippen LogP contribution in [-0.4, -0.2) is 140 Å². The quantitative estimate of drug-likeness (QED) is 0.0648. The minimum absolute atomic E-state index is 0.0519. The Kier molecular flexibility index (Phi) is 14.3. The standard InChI is InChI=1S/2C29H33N3O5.CH5BS/c2*1-6-7-35-27-16(4)28-29(37-13-36-28)24-18(27)10-20-25-23-17(8-14(2)15(3)26(23)34)9-19(31(25)5)21(11-30)32(20)22(24)12-33;1-2-3/h2*6,8,19-22,25,33-34H,1,7,9-10,12-13H2,2-5H3;2-3H,1H3/t2*19-,20?,21-,22-,25-;/m00./s1/i33T;;2D. The number of benzene rings is 4. The topological polar surface area (TPSA) is 197 Å². The van der Waals surface area contributed by atoms with Crippen molar-refractivity contribution in [2.24, 2.45) is 0 Å². The summed E-state index contributed by atoms with van der Waals surface area (Å²) in [5.74, 6) is 4.63. The van der Waals surface area contributed by atoms with E-state index < -0.39 is 24.2 Å². The molecule has 8 heterocycles. The van der Waals surface area contributed by atoms with Crippen LogP contribution < -0.4 is 28.4 Å². The number of hydrogen-bond acceptors (Lipinski definition) is 17. The molecule has 4 aromatic rings. The van der Waals surface area contributed by atoms with E-state index in [2.05, 4.69) is 83.6 Å². The number of phenolic OH excluding ortho intramolecular Hbond substituents is 2. The van der Waals surface area contributed by atoms with E-state index in [1.807, 2.05) is 41.5 Å². The number of ether oxygens (including phenoxy) is 6. The smallest absolute Gasteiger partial charge is 0.231 e. The van der Waals surface area contributed by atoms with Crippen LogP contribution in [-0.2, 0) is 25.7 Å². The van der Waals surface area contributed by atoms with Gasteiger partial charge in [0.1, 0.15) is 48.3 Å². The maximum absolute atomic E-state index is 11.4. The molecule has 18 heteroatoms. The van der Waals surface area contributed by atoms with E-state index in [0.29, 0.717) is 73.4 Å². The van der Waals surface area contributed by atoms with E-state index in [9.17, 15) is 25.8 Å². The number of likely N-dealkylation sites (N-methyl/N-ethyl adjacent to an activating group) is 2. The van der Waals surface area contributed by atoms with Crippen LogP contribution in [0.5, 0.6) is 46.0 Å². The molecular formula is C59H71BN6O10S. The number of thiol groups is 1. The van der Waals surface area contributed by atoms with Crippen molar-refractivity contribution in [1.82, 2.24) is 19.6 Å². The molecule has 2 unspecified atom stereocenters. The third kappa shape index (κ3) is 8.23. The predicted octanol–water partition coefficient (Wildman–Crippen LogP) is 7.07. The Labute approximate surface area is 461 Å². The highest BCUT2D eigenvalue weighted by Crippen LogP contribution is 2.60. The maximum atomic E-state index is 11.4. The number of nitrogens with zero attached hydrogens (tertiary/aromatic N) is 6. The zero-order valence-electron chi connectivity index (χ0n) is 47.5. The van der Waals surface area contributed by atoms with Gasteiger partial charge < -0.3 is 48.8 Å². The zero-order valence-corrected chi connectivity index (χ0v) is 46.4. The van der Waals surface area contributed by atoms with Gasteiger partial charge in [0.2, 0.25) is 15.0 Å². The van der Waals surface area contributed by atoms with Crippen molar-refractivity contribution in [3.8, 4) is 58.1 Å². The van der Waals surface area contributed by atoms with Gasteiger partial charge in [-0.05, 0) is 116 Å². The van der Waals surface area contributed by atoms with Gasteiger partial charge >= 0.3 is 0 Å². The van der Waals surface area contributed by atoms with E-state index in [-0.39, 0.29) is 69.6 Å². The molecular weight excluding hydrogens is 996 g/mol. The van der Waals surface area contributed by atoms with Gasteiger partial charge in [0.05, 0.1) is 49.5 Å². The lowest BCUT2D eigenvalue weighted by Gasteiger charge is -2.59. The second kappa shape index (κ2) is 21.3. The Morgan fingerprint density at radius 1 is 0.688 bits per heavy atom. The number of phenols is 2. The molecule has 2 fully saturated rings. The molecule has 77 heavy (non-hydrogen) atoms. The van der Waals surface area contributed by atoms with Crippen LogP contribution in [0.15, 0.2) is 37.4 Å². The highest BCUT2D eigenvalue weighted by Gasteiger charge is 2.58. The first-order chi connectivity index (χ1) is 37.9. The van der Waals surface area contributed by atoms with Crippen molar-refractivity contribution in [3.63, 3.8) is 0 Å². The van der Waals surface area contributed by atoms with Gasteiger partial charge in [-0.3, -0.25) is 19.6 Å². The zero-order chi connectivity index (χ0) is 56.6. The molecule has 0 radical (unpaired) electrons. The first-order valence-corrected chi connectivity index (χ1v) is 27.0. The van der Waals surface area contributed by atoms with Crippen molar-refractivity contribution >= 4 is 19.0 Å². The lowest BCUT2D eigenvalue weighted by Crippen LogP contribution is -2.68. The first kappa shape index (κ1) is 51.7. The number of aliphatic hydroxyl groups is 2. The SMILES string of the molecule is C=CCOc1c(C)c2c(c3c1CC1[C@H]4c5c(cc(C)c(C)c5O)C[C@@H]([C@H](C#N)N1[C@H]3CO)N4C)OCO2.[2H]B(C)S.[3H]OC[C@H]1c2c(c(OCC=C)c(C)c3c2OCO3)CC2[C@H]3c4c(cc(C)c(C)c4O)C[C@@H]([C@H](C#N)N21)N3C. The lowest BCUT2D eigenvalue weighted by atomic mass is 9.71. The second-order valence-corrected chi connectivity index (χ2v) is 22.0.